The van der Waals surface area contributed by atoms with Crippen LogP contribution in [-0.2, 0) is 0 Å². The van der Waals surface area contributed by atoms with Crippen LogP contribution in [0.1, 0.15) is 24.1 Å². The minimum atomic E-state index is -0.878. The van der Waals surface area contributed by atoms with E-state index in [0.717, 1.165) is 17.7 Å². The molecule has 0 aliphatic rings. The van der Waals surface area contributed by atoms with Crippen LogP contribution < -0.4 is 5.32 Å². The molecule has 1 atom stereocenters. The second-order valence-electron chi connectivity index (χ2n) is 4.23. The van der Waals surface area contributed by atoms with Gasteiger partial charge in [0, 0.05) is 17.8 Å². The average Bonchev–Trinajstić information content (AvgIpc) is 2.43. The van der Waals surface area contributed by atoms with Gasteiger partial charge in [-0.15, -0.1) is 0 Å². The summed E-state index contributed by atoms with van der Waals surface area (Å²) in [5, 5.41) is 11.8. The molecule has 2 aromatic rings. The molecule has 0 spiro atoms. The molecular formula is C15H12F2N2. The van der Waals surface area contributed by atoms with Crippen LogP contribution in [0.4, 0.5) is 14.5 Å². The fraction of sp³-hybridized carbons (Fsp3) is 0.133. The molecule has 1 N–H and O–H groups in total. The van der Waals surface area contributed by atoms with Crippen LogP contribution in [0, 0.1) is 23.0 Å². The van der Waals surface area contributed by atoms with E-state index in [1.807, 2.05) is 25.1 Å². The van der Waals surface area contributed by atoms with E-state index in [9.17, 15) is 8.78 Å². The van der Waals surface area contributed by atoms with Crippen LogP contribution in [0.5, 0.6) is 0 Å². The van der Waals surface area contributed by atoms with E-state index in [4.69, 9.17) is 5.26 Å². The molecule has 0 bridgehead atoms. The number of nitrogens with one attached hydrogen (secondary N) is 1. The number of halogens is 2. The van der Waals surface area contributed by atoms with Gasteiger partial charge in [-0.2, -0.15) is 5.26 Å². The first-order valence-electron chi connectivity index (χ1n) is 5.82. The molecule has 19 heavy (non-hydrogen) atoms. The normalized spacial score (nSPS) is 11.7. The number of rotatable bonds is 3. The minimum Gasteiger partial charge on any atom is -0.378 e. The van der Waals surface area contributed by atoms with Gasteiger partial charge in [-0.3, -0.25) is 0 Å². The van der Waals surface area contributed by atoms with Crippen molar-refractivity contribution in [1.82, 2.24) is 0 Å². The molecule has 1 unspecified atom stereocenters. The first kappa shape index (κ1) is 13.0. The molecule has 2 rings (SSSR count). The molecule has 0 amide bonds. The number of nitrogens with zero attached hydrogens (tertiary/aromatic N) is 1. The van der Waals surface area contributed by atoms with Crippen LogP contribution in [0.15, 0.2) is 42.5 Å². The molecular weight excluding hydrogens is 246 g/mol. The van der Waals surface area contributed by atoms with Crippen LogP contribution in [-0.4, -0.2) is 0 Å². The molecule has 0 aliphatic heterocycles. The van der Waals surface area contributed by atoms with E-state index in [1.54, 1.807) is 12.1 Å². The largest absolute Gasteiger partial charge is 0.378 e. The highest BCUT2D eigenvalue weighted by atomic mass is 19.2. The Hall–Kier alpha value is -2.41. The number of nitriles is 1. The maximum absolute atomic E-state index is 13.1. The van der Waals surface area contributed by atoms with E-state index in [0.29, 0.717) is 11.3 Å². The van der Waals surface area contributed by atoms with Crippen molar-refractivity contribution in [3.05, 3.63) is 65.2 Å². The van der Waals surface area contributed by atoms with Crippen molar-refractivity contribution in [3.63, 3.8) is 0 Å². The van der Waals surface area contributed by atoms with Crippen molar-refractivity contribution >= 4 is 5.69 Å². The first-order chi connectivity index (χ1) is 9.10. The summed E-state index contributed by atoms with van der Waals surface area (Å²) in [4.78, 5) is 0. The van der Waals surface area contributed by atoms with Crippen LogP contribution in [0.3, 0.4) is 0 Å². The Labute approximate surface area is 110 Å². The SMILES string of the molecule is CC(Nc1ccc(F)c(F)c1)c1ccc(C#N)cc1. The minimum absolute atomic E-state index is 0.0717. The third kappa shape index (κ3) is 3.08. The zero-order valence-corrected chi connectivity index (χ0v) is 10.3. The van der Waals surface area contributed by atoms with E-state index >= 15 is 0 Å². The molecule has 0 radical (unpaired) electrons. The van der Waals surface area contributed by atoms with Crippen LogP contribution >= 0.6 is 0 Å². The first-order valence-corrected chi connectivity index (χ1v) is 5.82. The molecule has 96 valence electrons. The van der Waals surface area contributed by atoms with Crippen molar-refractivity contribution in [2.24, 2.45) is 0 Å². The Balaban J connectivity index is 2.13. The standard InChI is InChI=1S/C15H12F2N2/c1-10(12-4-2-11(9-18)3-5-12)19-13-6-7-14(16)15(17)8-13/h2-8,10,19H,1H3. The van der Waals surface area contributed by atoms with E-state index < -0.39 is 11.6 Å². The summed E-state index contributed by atoms with van der Waals surface area (Å²) in [6.07, 6.45) is 0. The quantitative estimate of drug-likeness (QED) is 0.902. The van der Waals surface area contributed by atoms with Crippen LogP contribution in [0.25, 0.3) is 0 Å². The zero-order chi connectivity index (χ0) is 13.8. The topological polar surface area (TPSA) is 35.8 Å². The highest BCUT2D eigenvalue weighted by Gasteiger charge is 2.07. The molecule has 0 saturated heterocycles. The molecule has 2 nitrogen and oxygen atoms in total. The third-order valence-corrected chi connectivity index (χ3v) is 2.84. The smallest absolute Gasteiger partial charge is 0.160 e. The van der Waals surface area contributed by atoms with Gasteiger partial charge in [0.25, 0.3) is 0 Å². The monoisotopic (exact) mass is 258 g/mol. The van der Waals surface area contributed by atoms with Crippen LogP contribution in [0.2, 0.25) is 0 Å². The Morgan fingerprint density at radius 2 is 1.74 bits per heavy atom. The summed E-state index contributed by atoms with van der Waals surface area (Å²) in [7, 11) is 0. The lowest BCUT2D eigenvalue weighted by molar-refractivity contribution is 0.509. The predicted octanol–water partition coefficient (Wildman–Crippen LogP) is 4.01. The second-order valence-corrected chi connectivity index (χ2v) is 4.23. The zero-order valence-electron chi connectivity index (χ0n) is 10.3. The lowest BCUT2D eigenvalue weighted by Gasteiger charge is -2.15. The molecule has 4 heteroatoms. The summed E-state index contributed by atoms with van der Waals surface area (Å²) in [5.74, 6) is -1.74. The molecule has 0 saturated carbocycles. The van der Waals surface area contributed by atoms with Gasteiger partial charge in [0.1, 0.15) is 0 Å². The molecule has 0 aromatic heterocycles. The summed E-state index contributed by atoms with van der Waals surface area (Å²) in [6, 6.07) is 12.8. The molecule has 0 aliphatic carbocycles. The average molecular weight is 258 g/mol. The summed E-state index contributed by atoms with van der Waals surface area (Å²) >= 11 is 0. The van der Waals surface area contributed by atoms with E-state index in [1.165, 1.54) is 6.07 Å². The van der Waals surface area contributed by atoms with Gasteiger partial charge in [-0.25, -0.2) is 8.78 Å². The van der Waals surface area contributed by atoms with Gasteiger partial charge in [-0.05, 0) is 36.8 Å². The number of hydrogen-bond acceptors (Lipinski definition) is 2. The highest BCUT2D eigenvalue weighted by Crippen LogP contribution is 2.21. The van der Waals surface area contributed by atoms with Crippen molar-refractivity contribution in [1.29, 1.82) is 5.26 Å². The van der Waals surface area contributed by atoms with Crippen molar-refractivity contribution in [2.75, 3.05) is 5.32 Å². The Kier molecular flexibility index (Phi) is 3.76. The third-order valence-electron chi connectivity index (χ3n) is 2.84. The summed E-state index contributed by atoms with van der Waals surface area (Å²) in [5.41, 5.74) is 2.06. The Bertz CT molecular complexity index is 615. The molecule has 0 heterocycles. The predicted molar refractivity (Wildman–Crippen MR) is 69.6 cm³/mol. The highest BCUT2D eigenvalue weighted by molar-refractivity contribution is 5.46. The van der Waals surface area contributed by atoms with E-state index in [-0.39, 0.29) is 6.04 Å². The molecule has 0 fully saturated rings. The fourth-order valence-corrected chi connectivity index (χ4v) is 1.77. The van der Waals surface area contributed by atoms with Gasteiger partial charge in [0.15, 0.2) is 11.6 Å². The van der Waals surface area contributed by atoms with Crippen molar-refractivity contribution < 1.29 is 8.78 Å². The molecule has 2 aromatic carbocycles. The van der Waals surface area contributed by atoms with Gasteiger partial charge in [0.2, 0.25) is 0 Å². The maximum atomic E-state index is 13.1. The Morgan fingerprint density at radius 1 is 1.05 bits per heavy atom. The lowest BCUT2D eigenvalue weighted by atomic mass is 10.1. The summed E-state index contributed by atoms with van der Waals surface area (Å²) in [6.45, 7) is 1.91. The lowest BCUT2D eigenvalue weighted by Crippen LogP contribution is -2.07. The van der Waals surface area contributed by atoms with E-state index in [2.05, 4.69) is 5.32 Å². The van der Waals surface area contributed by atoms with Crippen molar-refractivity contribution in [3.8, 4) is 6.07 Å². The Morgan fingerprint density at radius 3 is 2.32 bits per heavy atom. The number of benzene rings is 2. The number of anilines is 1. The van der Waals surface area contributed by atoms with Gasteiger partial charge < -0.3 is 5.32 Å². The van der Waals surface area contributed by atoms with Gasteiger partial charge in [-0.1, -0.05) is 12.1 Å². The maximum Gasteiger partial charge on any atom is 0.160 e. The van der Waals surface area contributed by atoms with Gasteiger partial charge >= 0.3 is 0 Å². The van der Waals surface area contributed by atoms with Gasteiger partial charge in [0.05, 0.1) is 11.6 Å². The van der Waals surface area contributed by atoms with Crippen molar-refractivity contribution in [2.45, 2.75) is 13.0 Å². The fourth-order valence-electron chi connectivity index (χ4n) is 1.77. The number of hydrogen-bond donors (Lipinski definition) is 1. The second kappa shape index (κ2) is 5.49. The summed E-state index contributed by atoms with van der Waals surface area (Å²) < 4.78 is 25.9.